The topological polar surface area (TPSA) is 68.8 Å². The Morgan fingerprint density at radius 1 is 1.09 bits per heavy atom. The summed E-state index contributed by atoms with van der Waals surface area (Å²) in [7, 11) is 1.78. The van der Waals surface area contributed by atoms with Crippen LogP contribution in [0, 0.1) is 5.92 Å². The van der Waals surface area contributed by atoms with Gasteiger partial charge in [0.25, 0.3) is 0 Å². The highest BCUT2D eigenvalue weighted by molar-refractivity contribution is 14.0. The zero-order chi connectivity index (χ0) is 21.6. The molecule has 1 amide bonds. The molecule has 0 aliphatic carbocycles. The number of anilines is 2. The van der Waals surface area contributed by atoms with Crippen molar-refractivity contribution < 1.29 is 4.79 Å². The molecule has 32 heavy (non-hydrogen) atoms. The van der Waals surface area contributed by atoms with Gasteiger partial charge in [-0.1, -0.05) is 37.3 Å². The standard InChI is InChI=1S/C25H33N5O.HI/c1-18-11-13-30(14-12-18)21-9-7-19(8-10-21)16-27-25(26-2)28-17-20-15-24(31)29-23-6-4-3-5-22(20)23;/h3-10,18,20H,11-17H2,1-2H3,(H,29,31)(H2,26,27,28);1H. The number of rotatable bonds is 5. The van der Waals surface area contributed by atoms with Crippen LogP contribution < -0.4 is 20.9 Å². The molecule has 0 spiro atoms. The predicted molar refractivity (Wildman–Crippen MR) is 143 cm³/mol. The number of hydrogen-bond donors (Lipinski definition) is 3. The molecule has 172 valence electrons. The molecule has 6 nitrogen and oxygen atoms in total. The van der Waals surface area contributed by atoms with Gasteiger partial charge in [0.15, 0.2) is 5.96 Å². The second kappa shape index (κ2) is 11.5. The third kappa shape index (κ3) is 6.15. The van der Waals surface area contributed by atoms with E-state index in [1.807, 2.05) is 18.2 Å². The van der Waals surface area contributed by atoms with Crippen LogP contribution in [-0.4, -0.2) is 38.5 Å². The van der Waals surface area contributed by atoms with Crippen LogP contribution in [0.25, 0.3) is 0 Å². The van der Waals surface area contributed by atoms with Gasteiger partial charge in [0.2, 0.25) is 5.91 Å². The number of guanidine groups is 1. The third-order valence-electron chi connectivity index (χ3n) is 6.39. The molecule has 7 heteroatoms. The molecule has 2 aromatic carbocycles. The van der Waals surface area contributed by atoms with Crippen molar-refractivity contribution in [2.75, 3.05) is 36.9 Å². The Bertz CT molecular complexity index is 922. The summed E-state index contributed by atoms with van der Waals surface area (Å²) in [5, 5.41) is 9.73. The van der Waals surface area contributed by atoms with Crippen LogP contribution in [0.4, 0.5) is 11.4 Å². The van der Waals surface area contributed by atoms with E-state index in [2.05, 4.69) is 63.1 Å². The molecule has 1 unspecified atom stereocenters. The summed E-state index contributed by atoms with van der Waals surface area (Å²) in [5.74, 6) is 1.79. The van der Waals surface area contributed by atoms with Crippen molar-refractivity contribution in [1.82, 2.24) is 10.6 Å². The number of benzene rings is 2. The second-order valence-electron chi connectivity index (χ2n) is 8.68. The highest BCUT2D eigenvalue weighted by atomic mass is 127. The zero-order valence-electron chi connectivity index (χ0n) is 18.9. The van der Waals surface area contributed by atoms with Gasteiger partial charge in [-0.25, -0.2) is 0 Å². The Kier molecular flexibility index (Phi) is 8.78. The number of hydrogen-bond acceptors (Lipinski definition) is 3. The number of aliphatic imine (C=N–C) groups is 1. The lowest BCUT2D eigenvalue weighted by atomic mass is 9.90. The monoisotopic (exact) mass is 547 g/mol. The van der Waals surface area contributed by atoms with Crippen LogP contribution in [0.2, 0.25) is 0 Å². The number of fused-ring (bicyclic) bond motifs is 1. The molecule has 3 N–H and O–H groups in total. The Morgan fingerprint density at radius 3 is 2.53 bits per heavy atom. The maximum absolute atomic E-state index is 12.0. The molecule has 2 aliphatic rings. The lowest BCUT2D eigenvalue weighted by Crippen LogP contribution is -2.40. The van der Waals surface area contributed by atoms with Crippen molar-refractivity contribution in [3.8, 4) is 0 Å². The summed E-state index contributed by atoms with van der Waals surface area (Å²) in [6.45, 7) is 6.01. The highest BCUT2D eigenvalue weighted by Gasteiger charge is 2.24. The van der Waals surface area contributed by atoms with E-state index < -0.39 is 0 Å². The Hall–Kier alpha value is -2.29. The van der Waals surface area contributed by atoms with Crippen molar-refractivity contribution in [2.45, 2.75) is 38.6 Å². The van der Waals surface area contributed by atoms with Crippen molar-refractivity contribution in [3.05, 3.63) is 59.7 Å². The van der Waals surface area contributed by atoms with Crippen molar-refractivity contribution >= 4 is 47.2 Å². The van der Waals surface area contributed by atoms with Gasteiger partial charge in [-0.3, -0.25) is 9.79 Å². The smallest absolute Gasteiger partial charge is 0.225 e. The Morgan fingerprint density at radius 2 is 1.81 bits per heavy atom. The lowest BCUT2D eigenvalue weighted by molar-refractivity contribution is -0.116. The third-order valence-corrected chi connectivity index (χ3v) is 6.39. The van der Waals surface area contributed by atoms with E-state index in [1.54, 1.807) is 7.05 Å². The van der Waals surface area contributed by atoms with Crippen LogP contribution in [0.3, 0.4) is 0 Å². The molecule has 4 rings (SSSR count). The summed E-state index contributed by atoms with van der Waals surface area (Å²) in [4.78, 5) is 18.9. The maximum atomic E-state index is 12.0. The fraction of sp³-hybridized carbons (Fsp3) is 0.440. The van der Waals surface area contributed by atoms with E-state index in [0.717, 1.165) is 30.7 Å². The van der Waals surface area contributed by atoms with Gasteiger partial charge in [0.1, 0.15) is 0 Å². The number of carbonyl (C=O) groups excluding carboxylic acids is 1. The highest BCUT2D eigenvalue weighted by Crippen LogP contribution is 2.31. The minimum atomic E-state index is 0. The second-order valence-corrected chi connectivity index (χ2v) is 8.68. The van der Waals surface area contributed by atoms with Gasteiger partial charge < -0.3 is 20.9 Å². The predicted octanol–water partition coefficient (Wildman–Crippen LogP) is 4.33. The van der Waals surface area contributed by atoms with Gasteiger partial charge in [-0.2, -0.15) is 0 Å². The van der Waals surface area contributed by atoms with Crippen LogP contribution in [0.1, 0.15) is 43.2 Å². The van der Waals surface area contributed by atoms with Gasteiger partial charge in [0, 0.05) is 56.9 Å². The lowest BCUT2D eigenvalue weighted by Gasteiger charge is -2.32. The largest absolute Gasteiger partial charge is 0.372 e. The summed E-state index contributed by atoms with van der Waals surface area (Å²) in [6.07, 6.45) is 3.04. The number of carbonyl (C=O) groups is 1. The minimum Gasteiger partial charge on any atom is -0.372 e. The van der Waals surface area contributed by atoms with Crippen LogP contribution in [0.15, 0.2) is 53.5 Å². The quantitative estimate of drug-likeness (QED) is 0.296. The Labute approximate surface area is 208 Å². The number of nitrogens with zero attached hydrogens (tertiary/aromatic N) is 2. The Balaban J connectivity index is 0.00000289. The molecular weight excluding hydrogens is 513 g/mol. The number of amides is 1. The minimum absolute atomic E-state index is 0. The molecule has 2 aliphatic heterocycles. The summed E-state index contributed by atoms with van der Waals surface area (Å²) in [5.41, 5.74) is 4.62. The first-order chi connectivity index (χ1) is 15.1. The van der Waals surface area contributed by atoms with E-state index in [4.69, 9.17) is 0 Å². The van der Waals surface area contributed by atoms with Crippen molar-refractivity contribution in [1.29, 1.82) is 0 Å². The number of nitrogens with one attached hydrogen (secondary N) is 3. The van der Waals surface area contributed by atoms with E-state index in [1.165, 1.54) is 29.7 Å². The van der Waals surface area contributed by atoms with E-state index in [0.29, 0.717) is 19.5 Å². The fourth-order valence-corrected chi connectivity index (χ4v) is 4.40. The molecule has 0 aromatic heterocycles. The molecule has 2 aromatic rings. The molecule has 0 bridgehead atoms. The number of piperidine rings is 1. The molecule has 0 saturated carbocycles. The van der Waals surface area contributed by atoms with E-state index in [-0.39, 0.29) is 35.8 Å². The normalized spacial score (nSPS) is 18.9. The molecule has 1 saturated heterocycles. The fourth-order valence-electron chi connectivity index (χ4n) is 4.40. The summed E-state index contributed by atoms with van der Waals surface area (Å²) >= 11 is 0. The summed E-state index contributed by atoms with van der Waals surface area (Å²) < 4.78 is 0. The maximum Gasteiger partial charge on any atom is 0.225 e. The van der Waals surface area contributed by atoms with Gasteiger partial charge >= 0.3 is 0 Å². The van der Waals surface area contributed by atoms with Crippen LogP contribution in [-0.2, 0) is 11.3 Å². The average Bonchev–Trinajstić information content (AvgIpc) is 2.80. The van der Waals surface area contributed by atoms with Crippen molar-refractivity contribution in [3.63, 3.8) is 0 Å². The first-order valence-corrected chi connectivity index (χ1v) is 11.3. The molecule has 1 atom stereocenters. The SMILES string of the molecule is CN=C(NCc1ccc(N2CCC(C)CC2)cc1)NCC1CC(=O)Nc2ccccc21.I. The zero-order valence-corrected chi connectivity index (χ0v) is 21.3. The molecule has 0 radical (unpaired) electrons. The average molecular weight is 547 g/mol. The van der Waals surface area contributed by atoms with E-state index in [9.17, 15) is 4.79 Å². The van der Waals surface area contributed by atoms with Crippen molar-refractivity contribution in [2.24, 2.45) is 10.9 Å². The molecule has 1 fully saturated rings. The van der Waals surface area contributed by atoms with Crippen LogP contribution in [0.5, 0.6) is 0 Å². The number of halogens is 1. The van der Waals surface area contributed by atoms with Gasteiger partial charge in [-0.05, 0) is 48.1 Å². The summed E-state index contributed by atoms with van der Waals surface area (Å²) in [6, 6.07) is 16.8. The molecular formula is C25H34IN5O. The number of para-hydroxylation sites is 1. The van der Waals surface area contributed by atoms with Crippen LogP contribution >= 0.6 is 24.0 Å². The first kappa shape index (κ1) is 24.4. The van der Waals surface area contributed by atoms with Gasteiger partial charge in [-0.15, -0.1) is 24.0 Å². The van der Waals surface area contributed by atoms with E-state index >= 15 is 0 Å². The molecule has 2 heterocycles. The van der Waals surface area contributed by atoms with Gasteiger partial charge in [0.05, 0.1) is 0 Å². The first-order valence-electron chi connectivity index (χ1n) is 11.3.